The SMILES string of the molecule is COC(=O)C(NCC1CC1)c1ccc(Br)c2cccnc12. The van der Waals surface area contributed by atoms with Crippen LogP contribution in [0.15, 0.2) is 34.9 Å². The molecule has 0 radical (unpaired) electrons. The number of hydrogen-bond donors (Lipinski definition) is 1. The van der Waals surface area contributed by atoms with Gasteiger partial charge in [-0.25, -0.2) is 4.79 Å². The molecule has 0 spiro atoms. The molecule has 1 atom stereocenters. The zero-order valence-corrected chi connectivity index (χ0v) is 13.4. The van der Waals surface area contributed by atoms with Crippen LogP contribution in [0, 0.1) is 5.92 Å². The predicted octanol–water partition coefficient (Wildman–Crippen LogP) is 3.21. The quantitative estimate of drug-likeness (QED) is 0.843. The summed E-state index contributed by atoms with van der Waals surface area (Å²) in [6.07, 6.45) is 4.22. The zero-order valence-electron chi connectivity index (χ0n) is 11.8. The number of hydrogen-bond acceptors (Lipinski definition) is 4. The van der Waals surface area contributed by atoms with E-state index in [4.69, 9.17) is 4.74 Å². The highest BCUT2D eigenvalue weighted by atomic mass is 79.9. The van der Waals surface area contributed by atoms with Gasteiger partial charge in [-0.1, -0.05) is 28.1 Å². The predicted molar refractivity (Wildman–Crippen MR) is 84.9 cm³/mol. The van der Waals surface area contributed by atoms with Crippen molar-refractivity contribution < 1.29 is 9.53 Å². The van der Waals surface area contributed by atoms with Gasteiger partial charge in [0.1, 0.15) is 6.04 Å². The maximum absolute atomic E-state index is 12.1. The van der Waals surface area contributed by atoms with Crippen LogP contribution >= 0.6 is 15.9 Å². The second-order valence-electron chi connectivity index (χ2n) is 5.34. The molecule has 1 fully saturated rings. The first-order valence-electron chi connectivity index (χ1n) is 7.05. The third kappa shape index (κ3) is 3.09. The van der Waals surface area contributed by atoms with Crippen molar-refractivity contribution in [2.75, 3.05) is 13.7 Å². The van der Waals surface area contributed by atoms with Crippen LogP contribution in [0.4, 0.5) is 0 Å². The van der Waals surface area contributed by atoms with Crippen molar-refractivity contribution in [2.24, 2.45) is 5.92 Å². The molecule has 2 aromatic rings. The second kappa shape index (κ2) is 6.12. The minimum atomic E-state index is -0.471. The Morgan fingerprint density at radius 2 is 2.29 bits per heavy atom. The van der Waals surface area contributed by atoms with Gasteiger partial charge in [-0.15, -0.1) is 0 Å². The molecule has 21 heavy (non-hydrogen) atoms. The van der Waals surface area contributed by atoms with Gasteiger partial charge in [-0.05, 0) is 37.4 Å². The average molecular weight is 349 g/mol. The standard InChI is InChI=1S/C16H17BrN2O2/c1-21-16(20)15(19-9-10-4-5-10)12-6-7-13(17)11-3-2-8-18-14(11)12/h2-3,6-8,10,15,19H,4-5,9H2,1H3. The third-order valence-corrected chi connectivity index (χ3v) is 4.49. The first kappa shape index (κ1) is 14.5. The molecular formula is C16H17BrN2O2. The van der Waals surface area contributed by atoms with Crippen molar-refractivity contribution in [3.8, 4) is 0 Å². The van der Waals surface area contributed by atoms with Gasteiger partial charge < -0.3 is 10.1 Å². The number of ether oxygens (including phenoxy) is 1. The van der Waals surface area contributed by atoms with Gasteiger partial charge in [0.25, 0.3) is 0 Å². The Labute approximate surface area is 132 Å². The largest absolute Gasteiger partial charge is 0.468 e. The van der Waals surface area contributed by atoms with E-state index in [1.807, 2.05) is 24.3 Å². The van der Waals surface area contributed by atoms with Gasteiger partial charge in [-0.3, -0.25) is 4.98 Å². The van der Waals surface area contributed by atoms with Crippen molar-refractivity contribution in [1.29, 1.82) is 0 Å². The maximum atomic E-state index is 12.1. The molecule has 1 heterocycles. The summed E-state index contributed by atoms with van der Waals surface area (Å²) in [7, 11) is 1.42. The Balaban J connectivity index is 2.01. The molecule has 0 bridgehead atoms. The normalized spacial score (nSPS) is 15.9. The van der Waals surface area contributed by atoms with Crippen molar-refractivity contribution in [1.82, 2.24) is 10.3 Å². The topological polar surface area (TPSA) is 51.2 Å². The van der Waals surface area contributed by atoms with E-state index in [1.54, 1.807) is 6.20 Å². The number of nitrogens with one attached hydrogen (secondary N) is 1. The van der Waals surface area contributed by atoms with E-state index < -0.39 is 6.04 Å². The molecule has 5 heteroatoms. The Morgan fingerprint density at radius 1 is 1.48 bits per heavy atom. The molecule has 1 saturated carbocycles. The van der Waals surface area contributed by atoms with Crippen molar-refractivity contribution in [3.05, 3.63) is 40.5 Å². The fourth-order valence-electron chi connectivity index (χ4n) is 2.44. The number of benzene rings is 1. The number of carbonyl (C=O) groups is 1. The second-order valence-corrected chi connectivity index (χ2v) is 6.20. The first-order chi connectivity index (χ1) is 10.2. The van der Waals surface area contributed by atoms with Crippen molar-refractivity contribution in [3.63, 3.8) is 0 Å². The Bertz CT molecular complexity index is 670. The lowest BCUT2D eigenvalue weighted by Gasteiger charge is -2.18. The summed E-state index contributed by atoms with van der Waals surface area (Å²) < 4.78 is 5.93. The van der Waals surface area contributed by atoms with Crippen LogP contribution in [-0.4, -0.2) is 24.6 Å². The van der Waals surface area contributed by atoms with Crippen LogP contribution in [0.1, 0.15) is 24.4 Å². The van der Waals surface area contributed by atoms with Gasteiger partial charge in [0.15, 0.2) is 0 Å². The Morgan fingerprint density at radius 3 is 3.00 bits per heavy atom. The molecular weight excluding hydrogens is 332 g/mol. The van der Waals surface area contributed by atoms with Crippen LogP contribution in [0.3, 0.4) is 0 Å². The van der Waals surface area contributed by atoms with Crippen LogP contribution in [0.5, 0.6) is 0 Å². The van der Waals surface area contributed by atoms with E-state index in [0.29, 0.717) is 5.92 Å². The molecule has 1 aliphatic carbocycles. The summed E-state index contributed by atoms with van der Waals surface area (Å²) in [4.78, 5) is 16.6. The number of halogens is 1. The summed E-state index contributed by atoms with van der Waals surface area (Å²) in [5.74, 6) is 0.414. The van der Waals surface area contributed by atoms with Gasteiger partial charge in [0, 0.05) is 21.6 Å². The van der Waals surface area contributed by atoms with Crippen molar-refractivity contribution >= 4 is 32.8 Å². The number of esters is 1. The smallest absolute Gasteiger partial charge is 0.327 e. The van der Waals surface area contributed by atoms with E-state index in [0.717, 1.165) is 27.5 Å². The number of rotatable bonds is 5. The summed E-state index contributed by atoms with van der Waals surface area (Å²) >= 11 is 3.53. The molecule has 1 aliphatic rings. The van der Waals surface area contributed by atoms with Crippen molar-refractivity contribution in [2.45, 2.75) is 18.9 Å². The molecule has 1 aromatic carbocycles. The Hall–Kier alpha value is -1.46. The fraction of sp³-hybridized carbons (Fsp3) is 0.375. The maximum Gasteiger partial charge on any atom is 0.327 e. The minimum Gasteiger partial charge on any atom is -0.468 e. The van der Waals surface area contributed by atoms with E-state index in [2.05, 4.69) is 26.2 Å². The number of pyridine rings is 1. The van der Waals surface area contributed by atoms with Crippen LogP contribution in [0.2, 0.25) is 0 Å². The van der Waals surface area contributed by atoms with Gasteiger partial charge >= 0.3 is 5.97 Å². The van der Waals surface area contributed by atoms with Gasteiger partial charge in [-0.2, -0.15) is 0 Å². The van der Waals surface area contributed by atoms with E-state index in [-0.39, 0.29) is 5.97 Å². The van der Waals surface area contributed by atoms with E-state index >= 15 is 0 Å². The number of carbonyl (C=O) groups excluding carboxylic acids is 1. The highest BCUT2D eigenvalue weighted by Gasteiger charge is 2.28. The molecule has 3 rings (SSSR count). The lowest BCUT2D eigenvalue weighted by Crippen LogP contribution is -2.31. The fourth-order valence-corrected chi connectivity index (χ4v) is 2.89. The monoisotopic (exact) mass is 348 g/mol. The lowest BCUT2D eigenvalue weighted by atomic mass is 10.0. The average Bonchev–Trinajstić information content (AvgIpc) is 3.33. The van der Waals surface area contributed by atoms with Gasteiger partial charge in [0.2, 0.25) is 0 Å². The van der Waals surface area contributed by atoms with Crippen LogP contribution in [0.25, 0.3) is 10.9 Å². The molecule has 0 aliphatic heterocycles. The number of aromatic nitrogens is 1. The summed E-state index contributed by atoms with van der Waals surface area (Å²) in [5, 5.41) is 4.33. The highest BCUT2D eigenvalue weighted by Crippen LogP contribution is 2.31. The minimum absolute atomic E-state index is 0.273. The molecule has 110 valence electrons. The van der Waals surface area contributed by atoms with E-state index in [9.17, 15) is 4.79 Å². The third-order valence-electron chi connectivity index (χ3n) is 3.80. The molecule has 1 N–H and O–H groups in total. The zero-order chi connectivity index (χ0) is 14.8. The van der Waals surface area contributed by atoms with Crippen LogP contribution in [-0.2, 0) is 9.53 Å². The molecule has 0 saturated heterocycles. The number of fused-ring (bicyclic) bond motifs is 1. The summed E-state index contributed by atoms with van der Waals surface area (Å²) in [6, 6.07) is 7.29. The lowest BCUT2D eigenvalue weighted by molar-refractivity contribution is -0.143. The molecule has 1 aromatic heterocycles. The van der Waals surface area contributed by atoms with Gasteiger partial charge in [0.05, 0.1) is 12.6 Å². The first-order valence-corrected chi connectivity index (χ1v) is 7.84. The highest BCUT2D eigenvalue weighted by molar-refractivity contribution is 9.10. The molecule has 0 amide bonds. The molecule has 4 nitrogen and oxygen atoms in total. The molecule has 1 unspecified atom stereocenters. The summed E-state index contributed by atoms with van der Waals surface area (Å²) in [6.45, 7) is 0.837. The number of methoxy groups -OCH3 is 1. The Kier molecular flexibility index (Phi) is 4.22. The number of nitrogens with zero attached hydrogens (tertiary/aromatic N) is 1. The van der Waals surface area contributed by atoms with E-state index in [1.165, 1.54) is 20.0 Å². The summed E-state index contributed by atoms with van der Waals surface area (Å²) in [5.41, 5.74) is 1.69. The van der Waals surface area contributed by atoms with Crippen LogP contribution < -0.4 is 5.32 Å².